The average molecular weight is 313 g/mol. The van der Waals surface area contributed by atoms with Gasteiger partial charge in [-0.25, -0.2) is 8.42 Å². The summed E-state index contributed by atoms with van der Waals surface area (Å²) in [6.07, 6.45) is 0.517. The standard InChI is InChI=1S/C15H23NO4S/c1-4-10-21(19,20)14-9-7-6-8-13(14)16(5-2)12(3)11-15(17)18/h6-9,12H,4-5,10-11H2,1-3H3,(H,17,18). The summed E-state index contributed by atoms with van der Waals surface area (Å²) in [5.41, 5.74) is 0.585. The van der Waals surface area contributed by atoms with Gasteiger partial charge in [0.25, 0.3) is 0 Å². The molecule has 1 atom stereocenters. The number of rotatable bonds is 8. The van der Waals surface area contributed by atoms with Gasteiger partial charge in [0.2, 0.25) is 0 Å². The molecule has 21 heavy (non-hydrogen) atoms. The van der Waals surface area contributed by atoms with Gasteiger partial charge in [0.1, 0.15) is 0 Å². The van der Waals surface area contributed by atoms with Crippen LogP contribution >= 0.6 is 0 Å². The summed E-state index contributed by atoms with van der Waals surface area (Å²) in [5, 5.41) is 8.94. The summed E-state index contributed by atoms with van der Waals surface area (Å²) in [7, 11) is -3.35. The molecule has 1 rings (SSSR count). The lowest BCUT2D eigenvalue weighted by Gasteiger charge is -2.31. The van der Waals surface area contributed by atoms with E-state index in [0.717, 1.165) is 0 Å². The average Bonchev–Trinajstić information content (AvgIpc) is 2.39. The number of carboxylic acids is 1. The van der Waals surface area contributed by atoms with Crippen LogP contribution < -0.4 is 4.90 Å². The molecule has 0 aliphatic rings. The summed E-state index contributed by atoms with van der Waals surface area (Å²) in [4.78, 5) is 13.0. The SMILES string of the molecule is CCCS(=O)(=O)c1ccccc1N(CC)C(C)CC(=O)O. The molecule has 0 spiro atoms. The molecule has 0 radical (unpaired) electrons. The van der Waals surface area contributed by atoms with Gasteiger partial charge in [0.05, 0.1) is 22.8 Å². The van der Waals surface area contributed by atoms with Crippen LogP contribution in [0.3, 0.4) is 0 Å². The Bertz CT molecular complexity index is 583. The van der Waals surface area contributed by atoms with Crippen LogP contribution in [-0.2, 0) is 14.6 Å². The van der Waals surface area contributed by atoms with Crippen molar-refractivity contribution in [2.24, 2.45) is 0 Å². The largest absolute Gasteiger partial charge is 0.481 e. The van der Waals surface area contributed by atoms with Crippen molar-refractivity contribution in [2.75, 3.05) is 17.2 Å². The molecule has 6 heteroatoms. The molecule has 0 fully saturated rings. The first kappa shape index (κ1) is 17.5. The molecule has 0 aliphatic heterocycles. The van der Waals surface area contributed by atoms with Crippen molar-refractivity contribution >= 4 is 21.5 Å². The Hall–Kier alpha value is -1.56. The van der Waals surface area contributed by atoms with Gasteiger partial charge in [-0.2, -0.15) is 0 Å². The van der Waals surface area contributed by atoms with E-state index >= 15 is 0 Å². The Morgan fingerprint density at radius 3 is 2.43 bits per heavy atom. The third kappa shape index (κ3) is 4.46. The van der Waals surface area contributed by atoms with E-state index in [1.165, 1.54) is 0 Å². The summed E-state index contributed by atoms with van der Waals surface area (Å²) in [6.45, 7) is 6.06. The predicted octanol–water partition coefficient (Wildman–Crippen LogP) is 2.56. The quantitative estimate of drug-likeness (QED) is 0.798. The molecule has 0 saturated heterocycles. The van der Waals surface area contributed by atoms with E-state index < -0.39 is 15.8 Å². The number of hydrogen-bond acceptors (Lipinski definition) is 4. The zero-order valence-electron chi connectivity index (χ0n) is 12.7. The van der Waals surface area contributed by atoms with Crippen molar-refractivity contribution in [1.29, 1.82) is 0 Å². The number of carboxylic acid groups (broad SMARTS) is 1. The second kappa shape index (κ2) is 7.45. The Morgan fingerprint density at radius 1 is 1.29 bits per heavy atom. The van der Waals surface area contributed by atoms with Crippen LogP contribution in [0.25, 0.3) is 0 Å². The lowest BCUT2D eigenvalue weighted by molar-refractivity contribution is -0.137. The van der Waals surface area contributed by atoms with Gasteiger partial charge in [-0.05, 0) is 32.4 Å². The van der Waals surface area contributed by atoms with E-state index in [4.69, 9.17) is 5.11 Å². The highest BCUT2D eigenvalue weighted by molar-refractivity contribution is 7.91. The predicted molar refractivity (Wildman–Crippen MR) is 83.5 cm³/mol. The fourth-order valence-electron chi connectivity index (χ4n) is 2.42. The maximum absolute atomic E-state index is 12.4. The normalized spacial score (nSPS) is 12.9. The van der Waals surface area contributed by atoms with Crippen LogP contribution in [0.5, 0.6) is 0 Å². The van der Waals surface area contributed by atoms with E-state index in [1.54, 1.807) is 31.2 Å². The Morgan fingerprint density at radius 2 is 1.90 bits per heavy atom. The molecule has 0 amide bonds. The number of carbonyl (C=O) groups is 1. The molecule has 118 valence electrons. The highest BCUT2D eigenvalue weighted by atomic mass is 32.2. The van der Waals surface area contributed by atoms with Crippen LogP contribution in [0, 0.1) is 0 Å². The molecule has 1 aromatic rings. The minimum Gasteiger partial charge on any atom is -0.481 e. The Kier molecular flexibility index (Phi) is 6.20. The number of benzene rings is 1. The van der Waals surface area contributed by atoms with Crippen molar-refractivity contribution in [1.82, 2.24) is 0 Å². The summed E-state index contributed by atoms with van der Waals surface area (Å²) < 4.78 is 24.8. The van der Waals surface area contributed by atoms with Gasteiger partial charge in [-0.3, -0.25) is 4.79 Å². The van der Waals surface area contributed by atoms with E-state index in [2.05, 4.69) is 0 Å². The van der Waals surface area contributed by atoms with Gasteiger partial charge < -0.3 is 10.0 Å². The number of nitrogens with zero attached hydrogens (tertiary/aromatic N) is 1. The van der Waals surface area contributed by atoms with Crippen LogP contribution in [0.4, 0.5) is 5.69 Å². The number of sulfone groups is 1. The van der Waals surface area contributed by atoms with Gasteiger partial charge in [-0.1, -0.05) is 19.1 Å². The second-order valence-corrected chi connectivity index (χ2v) is 7.10. The van der Waals surface area contributed by atoms with Crippen LogP contribution in [0.2, 0.25) is 0 Å². The molecule has 1 unspecified atom stereocenters. The summed E-state index contributed by atoms with van der Waals surface area (Å²) in [6, 6.07) is 6.53. The first-order valence-electron chi connectivity index (χ1n) is 7.13. The molecular formula is C15H23NO4S. The maximum atomic E-state index is 12.4. The molecule has 1 N–H and O–H groups in total. The third-order valence-corrected chi connectivity index (χ3v) is 5.29. The van der Waals surface area contributed by atoms with Crippen molar-refractivity contribution in [3.05, 3.63) is 24.3 Å². The lowest BCUT2D eigenvalue weighted by Crippen LogP contribution is -2.35. The highest BCUT2D eigenvalue weighted by Crippen LogP contribution is 2.28. The number of para-hydroxylation sites is 1. The van der Waals surface area contributed by atoms with Crippen molar-refractivity contribution in [3.8, 4) is 0 Å². The highest BCUT2D eigenvalue weighted by Gasteiger charge is 2.23. The van der Waals surface area contributed by atoms with Gasteiger partial charge >= 0.3 is 5.97 Å². The fraction of sp³-hybridized carbons (Fsp3) is 0.533. The molecule has 1 aromatic carbocycles. The molecule has 5 nitrogen and oxygen atoms in total. The number of anilines is 1. The topological polar surface area (TPSA) is 74.7 Å². The molecule has 0 aliphatic carbocycles. The van der Waals surface area contributed by atoms with E-state index in [0.29, 0.717) is 18.7 Å². The zero-order chi connectivity index (χ0) is 16.0. The van der Waals surface area contributed by atoms with E-state index in [1.807, 2.05) is 18.7 Å². The van der Waals surface area contributed by atoms with Crippen molar-refractivity contribution < 1.29 is 18.3 Å². The van der Waals surface area contributed by atoms with E-state index in [9.17, 15) is 13.2 Å². The first-order chi connectivity index (χ1) is 9.83. The lowest BCUT2D eigenvalue weighted by atomic mass is 10.1. The van der Waals surface area contributed by atoms with Gasteiger partial charge in [0, 0.05) is 12.6 Å². The minimum absolute atomic E-state index is 0.0317. The summed E-state index contributed by atoms with van der Waals surface area (Å²) >= 11 is 0. The third-order valence-electron chi connectivity index (χ3n) is 3.33. The Balaban J connectivity index is 3.25. The number of aliphatic carboxylic acids is 1. The van der Waals surface area contributed by atoms with Crippen LogP contribution in [-0.4, -0.2) is 37.8 Å². The van der Waals surface area contributed by atoms with E-state index in [-0.39, 0.29) is 23.1 Å². The number of hydrogen-bond donors (Lipinski definition) is 1. The van der Waals surface area contributed by atoms with Gasteiger partial charge in [-0.15, -0.1) is 0 Å². The smallest absolute Gasteiger partial charge is 0.305 e. The van der Waals surface area contributed by atoms with Crippen molar-refractivity contribution in [3.63, 3.8) is 0 Å². The first-order valence-corrected chi connectivity index (χ1v) is 8.78. The monoisotopic (exact) mass is 313 g/mol. The van der Waals surface area contributed by atoms with Crippen molar-refractivity contribution in [2.45, 2.75) is 44.6 Å². The zero-order valence-corrected chi connectivity index (χ0v) is 13.6. The van der Waals surface area contributed by atoms with Crippen LogP contribution in [0.15, 0.2) is 29.2 Å². The Labute approximate surface area is 126 Å². The molecule has 0 aromatic heterocycles. The maximum Gasteiger partial charge on any atom is 0.305 e. The molecule has 0 bridgehead atoms. The molecular weight excluding hydrogens is 290 g/mol. The fourth-order valence-corrected chi connectivity index (χ4v) is 3.97. The minimum atomic E-state index is -3.35. The summed E-state index contributed by atoms with van der Waals surface area (Å²) in [5.74, 6) is -0.802. The molecule has 0 heterocycles. The van der Waals surface area contributed by atoms with Crippen LogP contribution in [0.1, 0.15) is 33.6 Å². The second-order valence-electron chi connectivity index (χ2n) is 5.02. The molecule has 0 saturated carbocycles. The van der Waals surface area contributed by atoms with Gasteiger partial charge in [0.15, 0.2) is 9.84 Å².